The van der Waals surface area contributed by atoms with Crippen LogP contribution in [-0.4, -0.2) is 31.9 Å². The highest BCUT2D eigenvalue weighted by molar-refractivity contribution is 5.71. The van der Waals surface area contributed by atoms with Crippen LogP contribution in [0.4, 0.5) is 0 Å². The highest BCUT2D eigenvalue weighted by Gasteiger charge is 2.27. The summed E-state index contributed by atoms with van der Waals surface area (Å²) in [4.78, 5) is 24.0. The van der Waals surface area contributed by atoms with Crippen LogP contribution in [0.1, 0.15) is 43.3 Å². The minimum absolute atomic E-state index is 0.00769. The molecule has 0 unspecified atom stereocenters. The second-order valence-electron chi connectivity index (χ2n) is 6.88. The van der Waals surface area contributed by atoms with Gasteiger partial charge < -0.3 is 23.7 Å². The first-order chi connectivity index (χ1) is 13.3. The van der Waals surface area contributed by atoms with Crippen molar-refractivity contribution in [3.63, 3.8) is 0 Å². The van der Waals surface area contributed by atoms with E-state index in [-0.39, 0.29) is 12.2 Å². The fourth-order valence-corrected chi connectivity index (χ4v) is 2.75. The molecule has 0 bridgehead atoms. The third kappa shape index (κ3) is 5.06. The highest BCUT2D eigenvalue weighted by Crippen LogP contribution is 2.37. The Morgan fingerprint density at radius 2 is 1.89 bits per heavy atom. The average molecular weight is 390 g/mol. The summed E-state index contributed by atoms with van der Waals surface area (Å²) >= 11 is 0. The lowest BCUT2D eigenvalue weighted by Crippen LogP contribution is -2.14. The summed E-state index contributed by atoms with van der Waals surface area (Å²) in [5, 5.41) is 10.3. The summed E-state index contributed by atoms with van der Waals surface area (Å²) in [6, 6.07) is 6.36. The van der Waals surface area contributed by atoms with Gasteiger partial charge in [0, 0.05) is 6.07 Å². The maximum Gasteiger partial charge on any atom is 0.306 e. The molecule has 7 heteroatoms. The zero-order valence-corrected chi connectivity index (χ0v) is 16.8. The number of rotatable bonds is 8. The molecule has 0 spiro atoms. The molecule has 2 aromatic rings. The van der Waals surface area contributed by atoms with Crippen molar-refractivity contribution >= 4 is 5.97 Å². The van der Waals surface area contributed by atoms with Crippen LogP contribution in [-0.2, 0) is 9.53 Å². The predicted molar refractivity (Wildman–Crippen MR) is 103 cm³/mol. The first kappa shape index (κ1) is 21.3. The largest absolute Gasteiger partial charge is 0.502 e. The third-order valence-corrected chi connectivity index (χ3v) is 4.15. The van der Waals surface area contributed by atoms with E-state index >= 15 is 0 Å². The molecule has 7 nitrogen and oxygen atoms in total. The lowest BCUT2D eigenvalue weighted by Gasteiger charge is -2.19. The Morgan fingerprint density at radius 1 is 1.18 bits per heavy atom. The lowest BCUT2D eigenvalue weighted by molar-refractivity contribution is -0.140. The van der Waals surface area contributed by atoms with Gasteiger partial charge in [-0.15, -0.1) is 0 Å². The molecule has 1 aromatic carbocycles. The van der Waals surface area contributed by atoms with Crippen molar-refractivity contribution in [2.45, 2.75) is 33.1 Å². The minimum Gasteiger partial charge on any atom is -0.502 e. The zero-order valence-electron chi connectivity index (χ0n) is 16.8. The summed E-state index contributed by atoms with van der Waals surface area (Å²) in [7, 11) is 2.79. The van der Waals surface area contributed by atoms with Gasteiger partial charge in [-0.3, -0.25) is 9.59 Å². The van der Waals surface area contributed by atoms with Gasteiger partial charge in [-0.25, -0.2) is 0 Å². The number of hydrogen-bond acceptors (Lipinski definition) is 7. The van der Waals surface area contributed by atoms with Gasteiger partial charge in [-0.05, 0) is 30.5 Å². The van der Waals surface area contributed by atoms with Gasteiger partial charge >= 0.3 is 5.97 Å². The van der Waals surface area contributed by atoms with E-state index < -0.39 is 23.1 Å². The summed E-state index contributed by atoms with van der Waals surface area (Å²) in [5.41, 5.74) is 0.0423. The van der Waals surface area contributed by atoms with Crippen molar-refractivity contribution < 1.29 is 28.5 Å². The van der Waals surface area contributed by atoms with Crippen molar-refractivity contribution in [1.29, 1.82) is 0 Å². The van der Waals surface area contributed by atoms with E-state index in [9.17, 15) is 14.7 Å². The van der Waals surface area contributed by atoms with E-state index in [2.05, 4.69) is 0 Å². The topological polar surface area (TPSA) is 95.2 Å². The summed E-state index contributed by atoms with van der Waals surface area (Å²) in [6.07, 6.45) is -0.119. The maximum absolute atomic E-state index is 12.0. The second kappa shape index (κ2) is 9.30. The van der Waals surface area contributed by atoms with Gasteiger partial charge in [-0.2, -0.15) is 0 Å². The molecule has 0 saturated heterocycles. The van der Waals surface area contributed by atoms with Crippen LogP contribution in [0.2, 0.25) is 0 Å². The highest BCUT2D eigenvalue weighted by atomic mass is 16.5. The Balaban J connectivity index is 2.52. The van der Waals surface area contributed by atoms with Crippen molar-refractivity contribution in [1.82, 2.24) is 0 Å². The quantitative estimate of drug-likeness (QED) is 0.690. The zero-order chi connectivity index (χ0) is 20.8. The van der Waals surface area contributed by atoms with Gasteiger partial charge in [0.1, 0.15) is 5.76 Å². The van der Waals surface area contributed by atoms with Crippen LogP contribution < -0.4 is 14.9 Å². The monoisotopic (exact) mass is 390 g/mol. The molecule has 0 radical (unpaired) electrons. The normalized spacial score (nSPS) is 11.9. The first-order valence-electron chi connectivity index (χ1n) is 8.98. The average Bonchev–Trinajstić information content (AvgIpc) is 2.67. The molecule has 152 valence electrons. The Kier molecular flexibility index (Phi) is 7.09. The number of ether oxygens (including phenoxy) is 3. The van der Waals surface area contributed by atoms with Crippen LogP contribution in [0, 0.1) is 12.8 Å². The molecule has 1 heterocycles. The predicted octanol–water partition coefficient (Wildman–Crippen LogP) is 3.39. The molecule has 1 N–H and O–H groups in total. The third-order valence-electron chi connectivity index (χ3n) is 4.15. The number of carbonyl (C=O) groups is 1. The number of benzene rings is 1. The molecule has 1 aromatic heterocycles. The molecule has 0 aliphatic heterocycles. The smallest absolute Gasteiger partial charge is 0.306 e. The summed E-state index contributed by atoms with van der Waals surface area (Å²) < 4.78 is 21.5. The lowest BCUT2D eigenvalue weighted by atomic mass is 9.92. The van der Waals surface area contributed by atoms with Gasteiger partial charge in [0.2, 0.25) is 11.2 Å². The van der Waals surface area contributed by atoms with Crippen LogP contribution in [0.25, 0.3) is 0 Å². The van der Waals surface area contributed by atoms with E-state index in [1.165, 1.54) is 20.3 Å². The van der Waals surface area contributed by atoms with Gasteiger partial charge in [0.15, 0.2) is 17.3 Å². The number of aryl methyl sites for hydroxylation is 1. The van der Waals surface area contributed by atoms with Gasteiger partial charge in [0.05, 0.1) is 33.2 Å². The van der Waals surface area contributed by atoms with Crippen molar-refractivity contribution in [3.8, 4) is 17.2 Å². The Hall–Kier alpha value is -2.96. The molecule has 2 rings (SSSR count). The molecule has 0 amide bonds. The van der Waals surface area contributed by atoms with Crippen LogP contribution in [0.15, 0.2) is 33.5 Å². The summed E-state index contributed by atoms with van der Waals surface area (Å²) in [6.45, 7) is 6.20. The number of methoxy groups -OCH3 is 2. The van der Waals surface area contributed by atoms with E-state index in [0.29, 0.717) is 35.3 Å². The molecule has 0 aliphatic rings. The Labute approximate surface area is 163 Å². The Morgan fingerprint density at radius 3 is 2.50 bits per heavy atom. The number of carbonyl (C=O) groups excluding carboxylic acids is 1. The van der Waals surface area contributed by atoms with Crippen LogP contribution >= 0.6 is 0 Å². The van der Waals surface area contributed by atoms with E-state index in [4.69, 9.17) is 18.6 Å². The maximum atomic E-state index is 12.0. The minimum atomic E-state index is -0.729. The standard InChI is InChI=1S/C21H26O7/c1-12(2)11-27-17-7-6-14(9-18(17)25-4)15(10-19(23)26-5)21-20(24)16(22)8-13(3)28-21/h6-9,12,15,24H,10-11H2,1-5H3/t15-/m0/s1. The van der Waals surface area contributed by atoms with Crippen LogP contribution in [0.5, 0.6) is 17.2 Å². The summed E-state index contributed by atoms with van der Waals surface area (Å²) in [5.74, 6) is -0.0478. The number of esters is 1. The molecular formula is C21H26O7. The number of hydrogen-bond donors (Lipinski definition) is 1. The molecule has 0 saturated carbocycles. The second-order valence-corrected chi connectivity index (χ2v) is 6.88. The number of aromatic hydroxyl groups is 1. The van der Waals surface area contributed by atoms with Crippen LogP contribution in [0.3, 0.4) is 0 Å². The fourth-order valence-electron chi connectivity index (χ4n) is 2.75. The fraction of sp³-hybridized carbons (Fsp3) is 0.429. The first-order valence-corrected chi connectivity index (χ1v) is 8.98. The molecular weight excluding hydrogens is 364 g/mol. The van der Waals surface area contributed by atoms with Crippen molar-refractivity contribution in [2.24, 2.45) is 5.92 Å². The van der Waals surface area contributed by atoms with Crippen molar-refractivity contribution in [2.75, 3.05) is 20.8 Å². The van der Waals surface area contributed by atoms with Gasteiger partial charge in [0.25, 0.3) is 0 Å². The molecule has 0 aliphatic carbocycles. The van der Waals surface area contributed by atoms with E-state index in [0.717, 1.165) is 0 Å². The molecule has 28 heavy (non-hydrogen) atoms. The Bertz CT molecular complexity index is 883. The van der Waals surface area contributed by atoms with E-state index in [1.807, 2.05) is 13.8 Å². The molecule has 1 atom stereocenters. The molecule has 0 fully saturated rings. The SMILES string of the molecule is COC(=O)C[C@@H](c1ccc(OCC(C)C)c(OC)c1)c1oc(C)cc(=O)c1O. The van der Waals surface area contributed by atoms with Gasteiger partial charge in [-0.1, -0.05) is 19.9 Å². The van der Waals surface area contributed by atoms with E-state index in [1.54, 1.807) is 25.1 Å². The van der Waals surface area contributed by atoms with Crippen molar-refractivity contribution in [3.05, 3.63) is 51.6 Å².